The fourth-order valence-electron chi connectivity index (χ4n) is 15.2. The first-order valence-electron chi connectivity index (χ1n) is 25.1. The number of aliphatic hydroxyl groups excluding tert-OH is 11. The van der Waals surface area contributed by atoms with E-state index in [4.69, 9.17) is 32.6 Å². The summed E-state index contributed by atoms with van der Waals surface area (Å²) in [5, 5.41) is 119. The van der Waals surface area contributed by atoms with Gasteiger partial charge in [0.05, 0.1) is 37.4 Å². The van der Waals surface area contributed by atoms with Gasteiger partial charge in [-0.15, -0.1) is 0 Å². The third kappa shape index (κ3) is 9.77. The summed E-state index contributed by atoms with van der Waals surface area (Å²) < 4.78 is 75.2. The van der Waals surface area contributed by atoms with E-state index in [2.05, 4.69) is 40.7 Å². The summed E-state index contributed by atoms with van der Waals surface area (Å²) in [5.41, 5.74) is -2.92. The summed E-state index contributed by atoms with van der Waals surface area (Å²) in [5.74, 6) is -1.35. The monoisotopic (exact) mass is 1060 g/mol. The fraction of sp³-hybridized carbons (Fsp3) is 0.938. The zero-order valence-corrected chi connectivity index (χ0v) is 45.2. The van der Waals surface area contributed by atoms with E-state index in [9.17, 15) is 69.1 Å². The van der Waals surface area contributed by atoms with Crippen LogP contribution in [0.25, 0.3) is 0 Å². The largest absolute Gasteiger partial charge is 1.00 e. The van der Waals surface area contributed by atoms with Crippen LogP contribution in [0.5, 0.6) is 0 Å². The van der Waals surface area contributed by atoms with Crippen molar-refractivity contribution in [3.05, 3.63) is 11.6 Å². The summed E-state index contributed by atoms with van der Waals surface area (Å²) in [6, 6.07) is 0. The molecule has 11 N–H and O–H groups in total. The first-order chi connectivity index (χ1) is 32.9. The molecule has 0 bridgehead atoms. The molecule has 8 rings (SSSR count). The second-order valence-electron chi connectivity index (χ2n) is 24.0. The molecule has 0 amide bonds. The number of carbonyl (C=O) groups is 1. The van der Waals surface area contributed by atoms with E-state index >= 15 is 4.79 Å². The number of hydrogen-bond donors (Lipinski definition) is 11. The summed E-state index contributed by atoms with van der Waals surface area (Å²) >= 11 is 0. The van der Waals surface area contributed by atoms with E-state index in [-0.39, 0.29) is 59.1 Å². The van der Waals surface area contributed by atoms with Crippen molar-refractivity contribution >= 4 is 16.4 Å². The van der Waals surface area contributed by atoms with Crippen molar-refractivity contribution in [1.82, 2.24) is 0 Å². The van der Waals surface area contributed by atoms with Crippen molar-refractivity contribution in [2.24, 2.45) is 50.2 Å². The molecule has 3 aliphatic heterocycles. The van der Waals surface area contributed by atoms with Gasteiger partial charge in [-0.25, -0.2) is 8.42 Å². The van der Waals surface area contributed by atoms with Gasteiger partial charge >= 0.3 is 35.5 Å². The molecule has 0 aromatic rings. The molecule has 408 valence electrons. The second-order valence-corrected chi connectivity index (χ2v) is 25.0. The Hall–Kier alpha value is -0.560. The maximum atomic E-state index is 15.0. The van der Waals surface area contributed by atoms with Gasteiger partial charge in [-0.2, -0.15) is 0 Å². The Morgan fingerprint density at radius 3 is 1.99 bits per heavy atom. The van der Waals surface area contributed by atoms with Crippen LogP contribution in [-0.4, -0.2) is 199 Å². The first-order valence-corrected chi connectivity index (χ1v) is 26.4. The maximum Gasteiger partial charge on any atom is 1.00 e. The van der Waals surface area contributed by atoms with Crippen LogP contribution in [0.15, 0.2) is 11.6 Å². The molecule has 22 nitrogen and oxygen atoms in total. The number of carbonyl (C=O) groups excluding carboxylic acids is 1. The summed E-state index contributed by atoms with van der Waals surface area (Å²) in [6.45, 7) is 12.0. The van der Waals surface area contributed by atoms with Gasteiger partial charge in [0.1, 0.15) is 73.2 Å². The molecule has 7 fully saturated rings. The van der Waals surface area contributed by atoms with Gasteiger partial charge < -0.3 is 89.1 Å². The molecule has 0 aromatic carbocycles. The van der Waals surface area contributed by atoms with Crippen molar-refractivity contribution in [2.45, 2.75) is 211 Å². The van der Waals surface area contributed by atoms with Gasteiger partial charge in [-0.05, 0) is 104 Å². The van der Waals surface area contributed by atoms with Crippen LogP contribution in [0.1, 0.15) is 106 Å². The van der Waals surface area contributed by atoms with E-state index in [1.54, 1.807) is 6.92 Å². The van der Waals surface area contributed by atoms with Gasteiger partial charge in [0, 0.05) is 5.41 Å². The number of aliphatic hydroxyl groups is 11. The van der Waals surface area contributed by atoms with E-state index in [1.807, 2.05) is 0 Å². The zero-order valence-electron chi connectivity index (χ0n) is 42.4. The van der Waals surface area contributed by atoms with Gasteiger partial charge in [0.15, 0.2) is 12.6 Å². The smallest absolute Gasteiger partial charge is 0.726 e. The summed E-state index contributed by atoms with van der Waals surface area (Å²) in [6.07, 6.45) is -20.8. The van der Waals surface area contributed by atoms with E-state index in [1.165, 1.54) is 6.92 Å². The van der Waals surface area contributed by atoms with Crippen LogP contribution in [-0.2, 0) is 47.8 Å². The third-order valence-corrected chi connectivity index (χ3v) is 20.0. The predicted octanol–water partition coefficient (Wildman–Crippen LogP) is -4.40. The average Bonchev–Trinajstić information content (AvgIpc) is 3.30. The Morgan fingerprint density at radius 1 is 0.736 bits per heavy atom. The quantitative estimate of drug-likeness (QED) is 0.0306. The molecule has 0 unspecified atom stereocenters. The molecule has 8 aliphatic rings. The molecule has 0 aromatic heterocycles. The Balaban J connectivity index is 0.00000760. The minimum Gasteiger partial charge on any atom is -0.726 e. The molecular weight excluding hydrogens is 984 g/mol. The van der Waals surface area contributed by atoms with E-state index in [0.717, 1.165) is 5.57 Å². The first kappa shape index (κ1) is 59.1. The minimum atomic E-state index is -5.20. The molecule has 25 atom stereocenters. The van der Waals surface area contributed by atoms with Crippen molar-refractivity contribution < 1.29 is 136 Å². The number of fused-ring (bicyclic) bond motifs is 7. The average molecular weight is 1060 g/mol. The Kier molecular flexibility index (Phi) is 17.2. The van der Waals surface area contributed by atoms with Crippen LogP contribution in [0.4, 0.5) is 0 Å². The molecule has 24 heteroatoms. The van der Waals surface area contributed by atoms with Crippen LogP contribution < -0.4 is 29.6 Å². The zero-order chi connectivity index (χ0) is 52.3. The van der Waals surface area contributed by atoms with E-state index < -0.39 is 168 Å². The molecule has 4 saturated carbocycles. The van der Waals surface area contributed by atoms with Gasteiger partial charge in [0.25, 0.3) is 0 Å². The second kappa shape index (κ2) is 20.9. The Morgan fingerprint density at radius 2 is 1.35 bits per heavy atom. The number of rotatable bonds is 11. The Labute approximate surface area is 442 Å². The van der Waals surface area contributed by atoms with Gasteiger partial charge in [0.2, 0.25) is 16.7 Å². The van der Waals surface area contributed by atoms with Crippen molar-refractivity contribution in [1.29, 1.82) is 0 Å². The molecule has 0 spiro atoms. The van der Waals surface area contributed by atoms with Crippen molar-refractivity contribution in [2.75, 3.05) is 19.8 Å². The van der Waals surface area contributed by atoms with Gasteiger partial charge in [-0.3, -0.25) is 8.98 Å². The molecule has 3 saturated heterocycles. The molecule has 0 radical (unpaired) electrons. The summed E-state index contributed by atoms with van der Waals surface area (Å²) in [7, 11) is -5.20. The van der Waals surface area contributed by atoms with Crippen LogP contribution in [0, 0.1) is 50.2 Å². The number of esters is 1. The van der Waals surface area contributed by atoms with Crippen LogP contribution in [0.3, 0.4) is 0 Å². The summed E-state index contributed by atoms with van der Waals surface area (Å²) in [4.78, 5) is 15.0. The SMILES string of the molecule is C[C@@H]1O[C@@H](O[C@H]2[C@H](O)[C@@H](O)[C@H](OC[C@H]3O[C@@H](OC(=O)[C@]45CCC(C)(C)C[C@H]4C4=CC[C@@H]6[C@@]7(C)C[C@@H](O)[C@H](OS(=O)(=O)[O-])[C@@](C)(CO)[C@@H]7CC[C@@]6(C)[C@]4(C)CC5)[C@H](O)[C@@H](O)[C@@H]3O)O[C@@H]2CO)[C@H](O)[C@H](O)[C@H]1O.[Na+]. The van der Waals surface area contributed by atoms with E-state index in [0.29, 0.717) is 51.4 Å². The fourth-order valence-corrected chi connectivity index (χ4v) is 15.8. The number of ether oxygens (including phenoxy) is 6. The Bertz CT molecular complexity index is 2100. The molecular formula is C48H77NaO22S. The number of hydrogen-bond acceptors (Lipinski definition) is 22. The van der Waals surface area contributed by atoms with Crippen molar-refractivity contribution in [3.63, 3.8) is 0 Å². The van der Waals surface area contributed by atoms with Crippen LogP contribution >= 0.6 is 0 Å². The minimum absolute atomic E-state index is 0. The van der Waals surface area contributed by atoms with Crippen molar-refractivity contribution in [3.8, 4) is 0 Å². The molecule has 5 aliphatic carbocycles. The maximum absolute atomic E-state index is 15.0. The normalized spacial score (nSPS) is 52.3. The molecule has 3 heterocycles. The van der Waals surface area contributed by atoms with Crippen LogP contribution in [0.2, 0.25) is 0 Å². The number of allylic oxidation sites excluding steroid dienone is 2. The predicted molar refractivity (Wildman–Crippen MR) is 240 cm³/mol. The topological polar surface area (TPSA) is 361 Å². The standard InChI is InChI=1S/C48H78O22S.Na/c1-21-29(52)31(54)34(57)40(65-21)68-37-25(18-49)66-39(36(59)33(37)56)64-19-26-30(53)32(55)35(58)41(67-26)69-42(60)48-14-12-43(2,3)16-23(48)22-8-9-28-44(4)17-24(51)38(70-71(61,62)63)45(5,20-50)27(44)10-11-47(28,7)46(22,6)13-15-48;/h8,21,23-41,49-59H,9-20H2,1-7H3,(H,61,62,63);/q;+1/p-1/t21-,23-,24+,25+,26+,27+,28+,29-,30+,31+,32-,33+,34+,35+,36+,37+,38-,39+,40-,41-,44-,45-,46+,47+,48-;/m0./s1. The molecule has 72 heavy (non-hydrogen) atoms. The van der Waals surface area contributed by atoms with Gasteiger partial charge in [-0.1, -0.05) is 53.2 Å². The third-order valence-electron chi connectivity index (χ3n) is 19.6.